The number of carbonyl (C=O) groups is 3. The van der Waals surface area contributed by atoms with E-state index in [1.807, 2.05) is 37.3 Å². The number of benzene rings is 2. The Bertz CT molecular complexity index is 790. The van der Waals surface area contributed by atoms with E-state index >= 15 is 0 Å². The molecule has 0 fully saturated rings. The minimum absolute atomic E-state index is 0.0184. The Hall–Kier alpha value is -2.66. The largest absolute Gasteiger partial charge is 0.456 e. The van der Waals surface area contributed by atoms with Crippen molar-refractivity contribution in [1.29, 1.82) is 0 Å². The normalized spacial score (nSPS) is 11.5. The molecule has 0 saturated carbocycles. The number of amides is 1. The molecule has 1 N–H and O–H groups in total. The van der Waals surface area contributed by atoms with Crippen LogP contribution in [0.15, 0.2) is 54.6 Å². The fraction of sp³-hybridized carbons (Fsp3) is 0.318. The van der Waals surface area contributed by atoms with Crippen molar-refractivity contribution in [2.75, 3.05) is 6.61 Å². The number of esters is 1. The summed E-state index contributed by atoms with van der Waals surface area (Å²) in [6.07, 6.45) is 1.64. The number of hydrogen-bond donors (Lipinski definition) is 1. The summed E-state index contributed by atoms with van der Waals surface area (Å²) in [5.41, 5.74) is 1.50. The zero-order valence-corrected chi connectivity index (χ0v) is 16.6. The summed E-state index contributed by atoms with van der Waals surface area (Å²) in [6.45, 7) is 1.68. The molecule has 0 aromatic heterocycles. The minimum Gasteiger partial charge on any atom is -0.456 e. The van der Waals surface area contributed by atoms with E-state index < -0.39 is 5.97 Å². The molecule has 0 unspecified atom stereocenters. The van der Waals surface area contributed by atoms with E-state index in [0.717, 1.165) is 18.4 Å². The van der Waals surface area contributed by atoms with Crippen LogP contribution in [0.3, 0.4) is 0 Å². The average molecular weight is 402 g/mol. The van der Waals surface area contributed by atoms with Gasteiger partial charge in [-0.15, -0.1) is 0 Å². The van der Waals surface area contributed by atoms with Gasteiger partial charge in [0.05, 0.1) is 12.5 Å². The number of ketones is 1. The number of hydrogen-bond acceptors (Lipinski definition) is 4. The summed E-state index contributed by atoms with van der Waals surface area (Å²) < 4.78 is 5.00. The second-order valence-electron chi connectivity index (χ2n) is 6.41. The zero-order chi connectivity index (χ0) is 20.4. The molecule has 0 saturated heterocycles. The van der Waals surface area contributed by atoms with E-state index in [-0.39, 0.29) is 37.2 Å². The topological polar surface area (TPSA) is 72.5 Å². The lowest BCUT2D eigenvalue weighted by molar-refractivity contribution is -0.148. The van der Waals surface area contributed by atoms with Crippen molar-refractivity contribution in [3.63, 3.8) is 0 Å². The number of rotatable bonds is 10. The van der Waals surface area contributed by atoms with Crippen LogP contribution in [0, 0.1) is 0 Å². The van der Waals surface area contributed by atoms with Crippen molar-refractivity contribution in [3.8, 4) is 0 Å². The number of nitrogens with one attached hydrogen (secondary N) is 1. The van der Waals surface area contributed by atoms with Gasteiger partial charge in [0.1, 0.15) is 0 Å². The van der Waals surface area contributed by atoms with Crippen LogP contribution in [-0.4, -0.2) is 24.3 Å². The van der Waals surface area contributed by atoms with E-state index in [9.17, 15) is 14.4 Å². The van der Waals surface area contributed by atoms with Crippen LogP contribution in [0.2, 0.25) is 5.02 Å². The van der Waals surface area contributed by atoms with E-state index in [1.54, 1.807) is 24.3 Å². The Kier molecular flexibility index (Phi) is 8.69. The highest BCUT2D eigenvalue weighted by Gasteiger charge is 2.16. The highest BCUT2D eigenvalue weighted by Crippen LogP contribution is 2.18. The molecule has 0 spiro atoms. The highest BCUT2D eigenvalue weighted by molar-refractivity contribution is 6.30. The van der Waals surface area contributed by atoms with Crippen LogP contribution in [0.25, 0.3) is 0 Å². The van der Waals surface area contributed by atoms with Gasteiger partial charge in [-0.3, -0.25) is 14.4 Å². The maximum atomic E-state index is 12.1. The Morgan fingerprint density at radius 2 is 1.68 bits per heavy atom. The Labute approximate surface area is 170 Å². The van der Waals surface area contributed by atoms with Gasteiger partial charge in [-0.1, -0.05) is 55.3 Å². The summed E-state index contributed by atoms with van der Waals surface area (Å²) in [5.74, 6) is -1.12. The quantitative estimate of drug-likeness (QED) is 0.469. The zero-order valence-electron chi connectivity index (χ0n) is 15.8. The van der Waals surface area contributed by atoms with Crippen molar-refractivity contribution in [2.24, 2.45) is 0 Å². The Morgan fingerprint density at radius 3 is 2.32 bits per heavy atom. The lowest BCUT2D eigenvalue weighted by Crippen LogP contribution is -2.32. The molecule has 28 heavy (non-hydrogen) atoms. The minimum atomic E-state index is -0.579. The van der Waals surface area contributed by atoms with Gasteiger partial charge in [-0.05, 0) is 36.2 Å². The smallest absolute Gasteiger partial charge is 0.306 e. The molecule has 2 aromatic carbocycles. The van der Waals surface area contributed by atoms with E-state index in [1.165, 1.54) is 0 Å². The van der Waals surface area contributed by atoms with Crippen LogP contribution in [-0.2, 0) is 14.3 Å². The fourth-order valence-corrected chi connectivity index (χ4v) is 2.87. The summed E-state index contributed by atoms with van der Waals surface area (Å²) >= 11 is 5.79. The standard InChI is InChI=1S/C22H24ClNO4/c1-2-6-19(16-7-4-3-5-8-16)24-21(26)15-28-22(27)14-13-20(25)17-9-11-18(23)12-10-17/h3-5,7-12,19H,2,6,13-15H2,1H3,(H,24,26)/t19-/m0/s1. The Morgan fingerprint density at radius 1 is 1.00 bits per heavy atom. The number of carbonyl (C=O) groups excluding carboxylic acids is 3. The molecule has 5 nitrogen and oxygen atoms in total. The number of ether oxygens (including phenoxy) is 1. The van der Waals surface area contributed by atoms with Crippen LogP contribution >= 0.6 is 11.6 Å². The molecule has 0 bridgehead atoms. The van der Waals surface area contributed by atoms with Gasteiger partial charge in [0, 0.05) is 17.0 Å². The summed E-state index contributed by atoms with van der Waals surface area (Å²) in [4.78, 5) is 36.0. The molecule has 1 amide bonds. The number of halogens is 1. The van der Waals surface area contributed by atoms with Crippen LogP contribution in [0.4, 0.5) is 0 Å². The van der Waals surface area contributed by atoms with Crippen molar-refractivity contribution in [1.82, 2.24) is 5.32 Å². The first kappa shape index (κ1) is 21.6. The molecule has 2 rings (SSSR count). The summed E-state index contributed by atoms with van der Waals surface area (Å²) in [7, 11) is 0. The maximum Gasteiger partial charge on any atom is 0.306 e. The lowest BCUT2D eigenvalue weighted by Gasteiger charge is -2.18. The van der Waals surface area contributed by atoms with Gasteiger partial charge in [-0.25, -0.2) is 0 Å². The molecule has 6 heteroatoms. The van der Waals surface area contributed by atoms with Crippen LogP contribution < -0.4 is 5.32 Å². The second-order valence-corrected chi connectivity index (χ2v) is 6.85. The molecule has 0 radical (unpaired) electrons. The van der Waals surface area contributed by atoms with Crippen molar-refractivity contribution >= 4 is 29.3 Å². The van der Waals surface area contributed by atoms with Crippen molar-refractivity contribution < 1.29 is 19.1 Å². The SMILES string of the molecule is CCC[C@H](NC(=O)COC(=O)CCC(=O)c1ccc(Cl)cc1)c1ccccc1. The lowest BCUT2D eigenvalue weighted by atomic mass is 10.0. The highest BCUT2D eigenvalue weighted by atomic mass is 35.5. The first-order valence-electron chi connectivity index (χ1n) is 9.28. The average Bonchev–Trinajstić information content (AvgIpc) is 2.71. The third kappa shape index (κ3) is 7.16. The molecular formula is C22H24ClNO4. The van der Waals surface area contributed by atoms with Crippen molar-refractivity contribution in [2.45, 2.75) is 38.6 Å². The van der Waals surface area contributed by atoms with Gasteiger partial charge in [0.15, 0.2) is 12.4 Å². The molecule has 148 valence electrons. The van der Waals surface area contributed by atoms with Crippen LogP contribution in [0.1, 0.15) is 54.6 Å². The first-order chi connectivity index (χ1) is 13.5. The van der Waals surface area contributed by atoms with Gasteiger partial charge < -0.3 is 10.1 Å². The van der Waals surface area contributed by atoms with E-state index in [0.29, 0.717) is 10.6 Å². The molecule has 1 atom stereocenters. The summed E-state index contributed by atoms with van der Waals surface area (Å²) in [5, 5.41) is 3.43. The van der Waals surface area contributed by atoms with Gasteiger partial charge in [0.2, 0.25) is 0 Å². The molecule has 2 aromatic rings. The summed E-state index contributed by atoms with van der Waals surface area (Å²) in [6, 6.07) is 16.0. The van der Waals surface area contributed by atoms with Gasteiger partial charge >= 0.3 is 5.97 Å². The molecule has 0 aliphatic rings. The van der Waals surface area contributed by atoms with Crippen LogP contribution in [0.5, 0.6) is 0 Å². The van der Waals surface area contributed by atoms with E-state index in [2.05, 4.69) is 5.32 Å². The predicted molar refractivity (Wildman–Crippen MR) is 108 cm³/mol. The van der Waals surface area contributed by atoms with Gasteiger partial charge in [-0.2, -0.15) is 0 Å². The van der Waals surface area contributed by atoms with E-state index in [4.69, 9.17) is 16.3 Å². The monoisotopic (exact) mass is 401 g/mol. The number of Topliss-reactive ketones (excluding diaryl/α,β-unsaturated/α-hetero) is 1. The molecule has 0 aliphatic heterocycles. The fourth-order valence-electron chi connectivity index (χ4n) is 2.75. The molecule has 0 aliphatic carbocycles. The van der Waals surface area contributed by atoms with Gasteiger partial charge in [0.25, 0.3) is 5.91 Å². The molecule has 0 heterocycles. The third-order valence-electron chi connectivity index (χ3n) is 4.20. The first-order valence-corrected chi connectivity index (χ1v) is 9.66. The second kappa shape index (κ2) is 11.2. The predicted octanol–water partition coefficient (Wildman–Crippen LogP) is 4.50. The molecular weight excluding hydrogens is 378 g/mol. The Balaban J connectivity index is 1.76. The van der Waals surface area contributed by atoms with Crippen molar-refractivity contribution in [3.05, 3.63) is 70.7 Å². The third-order valence-corrected chi connectivity index (χ3v) is 4.45. The maximum absolute atomic E-state index is 12.1.